The predicted molar refractivity (Wildman–Crippen MR) is 124 cm³/mol. The molecule has 7 heteroatoms. The third-order valence-electron chi connectivity index (χ3n) is 6.94. The van der Waals surface area contributed by atoms with Crippen molar-refractivity contribution in [2.75, 3.05) is 23.9 Å². The molecule has 1 atom stereocenters. The number of pyridine rings is 1. The van der Waals surface area contributed by atoms with Crippen LogP contribution in [0.25, 0.3) is 0 Å². The summed E-state index contributed by atoms with van der Waals surface area (Å²) in [6.07, 6.45) is 9.66. The number of aliphatic hydroxyl groups is 1. The summed E-state index contributed by atoms with van der Waals surface area (Å²) < 4.78 is 5.69. The van der Waals surface area contributed by atoms with Gasteiger partial charge in [-0.2, -0.15) is 0 Å². The number of aliphatic hydroxyl groups excluding tert-OH is 1. The van der Waals surface area contributed by atoms with Crippen LogP contribution in [0.1, 0.15) is 60.9 Å². The number of nitrogens with one attached hydrogen (secondary N) is 1. The van der Waals surface area contributed by atoms with Crippen LogP contribution in [0.4, 0.5) is 11.5 Å². The van der Waals surface area contributed by atoms with E-state index in [0.29, 0.717) is 29.9 Å². The molecule has 0 bridgehead atoms. The minimum atomic E-state index is -0.233. The number of rotatable bonds is 7. The summed E-state index contributed by atoms with van der Waals surface area (Å²) in [5.74, 6) is 1.50. The van der Waals surface area contributed by atoms with Crippen LogP contribution in [0.3, 0.4) is 0 Å². The first-order chi connectivity index (χ1) is 15.7. The molecule has 2 aromatic rings. The number of carbonyl (C=O) groups is 1. The smallest absolute Gasteiger partial charge is 0.258 e. The van der Waals surface area contributed by atoms with E-state index in [0.717, 1.165) is 42.8 Å². The maximum absolute atomic E-state index is 13.6. The van der Waals surface area contributed by atoms with Gasteiger partial charge in [-0.1, -0.05) is 25.3 Å². The number of methoxy groups -OCH3 is 1. The van der Waals surface area contributed by atoms with Crippen molar-refractivity contribution in [3.05, 3.63) is 47.7 Å². The lowest BCUT2D eigenvalue weighted by atomic mass is 9.93. The molecule has 1 aromatic carbocycles. The first-order valence-electron chi connectivity index (χ1n) is 11.8. The third-order valence-corrected chi connectivity index (χ3v) is 6.94. The largest absolute Gasteiger partial charge is 0.496 e. The molecule has 0 saturated heterocycles. The van der Waals surface area contributed by atoms with Crippen molar-refractivity contribution < 1.29 is 14.6 Å². The predicted octanol–water partition coefficient (Wildman–Crippen LogP) is 3.78. The first kappa shape index (κ1) is 21.1. The molecule has 0 spiro atoms. The van der Waals surface area contributed by atoms with Gasteiger partial charge < -0.3 is 25.0 Å². The van der Waals surface area contributed by atoms with Crippen LogP contribution >= 0.6 is 0 Å². The highest BCUT2D eigenvalue weighted by Gasteiger charge is 2.39. The molecule has 170 valence electrons. The molecule has 2 fully saturated rings. The number of ether oxygens (including phenoxy) is 1. The van der Waals surface area contributed by atoms with Crippen LogP contribution in [0.2, 0.25) is 0 Å². The van der Waals surface area contributed by atoms with Crippen molar-refractivity contribution >= 4 is 17.4 Å². The summed E-state index contributed by atoms with van der Waals surface area (Å²) in [5, 5.41) is 13.1. The molecule has 2 saturated carbocycles. The molecule has 1 aliphatic heterocycles. The van der Waals surface area contributed by atoms with Crippen molar-refractivity contribution in [3.8, 4) is 5.75 Å². The van der Waals surface area contributed by atoms with E-state index in [9.17, 15) is 9.90 Å². The molecular formula is C25H32N4O3. The average Bonchev–Trinajstić information content (AvgIpc) is 3.61. The lowest BCUT2D eigenvalue weighted by molar-refractivity contribution is 0.0610. The van der Waals surface area contributed by atoms with Gasteiger partial charge in [0, 0.05) is 24.8 Å². The zero-order valence-corrected chi connectivity index (χ0v) is 18.7. The van der Waals surface area contributed by atoms with Crippen LogP contribution in [0.15, 0.2) is 36.5 Å². The molecular weight excluding hydrogens is 404 g/mol. The van der Waals surface area contributed by atoms with Gasteiger partial charge in [-0.05, 0) is 55.5 Å². The Morgan fingerprint density at radius 2 is 1.97 bits per heavy atom. The monoisotopic (exact) mass is 436 g/mol. The summed E-state index contributed by atoms with van der Waals surface area (Å²) in [7, 11) is 1.63. The Balaban J connectivity index is 1.39. The van der Waals surface area contributed by atoms with E-state index < -0.39 is 0 Å². The summed E-state index contributed by atoms with van der Waals surface area (Å²) in [6.45, 7) is 0.554. The topological polar surface area (TPSA) is 77.9 Å². The van der Waals surface area contributed by atoms with Gasteiger partial charge in [-0.15, -0.1) is 0 Å². The number of carbonyl (C=O) groups excluding carboxylic acids is 1. The number of fused-ring (bicyclic) bond motifs is 1. The molecule has 1 amide bonds. The Labute approximate surface area is 189 Å². The van der Waals surface area contributed by atoms with E-state index >= 15 is 0 Å². The molecule has 2 N–H and O–H groups in total. The summed E-state index contributed by atoms with van der Waals surface area (Å²) in [4.78, 5) is 22.2. The third kappa shape index (κ3) is 4.01. The van der Waals surface area contributed by atoms with Crippen LogP contribution in [-0.2, 0) is 6.54 Å². The Morgan fingerprint density at radius 1 is 1.19 bits per heavy atom. The molecule has 5 rings (SSSR count). The number of hydrogen-bond acceptors (Lipinski definition) is 6. The van der Waals surface area contributed by atoms with E-state index in [4.69, 9.17) is 4.74 Å². The summed E-state index contributed by atoms with van der Waals surface area (Å²) in [6, 6.07) is 10.5. The zero-order chi connectivity index (χ0) is 22.1. The van der Waals surface area contributed by atoms with Gasteiger partial charge in [0.2, 0.25) is 0 Å². The van der Waals surface area contributed by atoms with Gasteiger partial charge >= 0.3 is 0 Å². The molecule has 2 aliphatic carbocycles. The standard InChI is InChI=1S/C25H32N4O3/c1-32-22-14-17(15-28-21-8-5-13-26-24(21)27-23(28)16-30)9-12-20(22)25(31)29(19-10-11-19)18-6-3-2-4-7-18/h5,8-9,12-14,18-19,23,30H,2-4,6-7,10-11,15-16H2,1H3,(H,26,27). The first-order valence-corrected chi connectivity index (χ1v) is 11.8. The molecule has 2 heterocycles. The average molecular weight is 437 g/mol. The maximum Gasteiger partial charge on any atom is 0.258 e. The highest BCUT2D eigenvalue weighted by atomic mass is 16.5. The number of nitrogens with zero attached hydrogens (tertiary/aromatic N) is 3. The SMILES string of the molecule is COc1cc(CN2c3cccnc3NC2CO)ccc1C(=O)N(C1CCCCC1)C1CC1. The minimum Gasteiger partial charge on any atom is -0.496 e. The zero-order valence-electron chi connectivity index (χ0n) is 18.7. The van der Waals surface area contributed by atoms with Crippen LogP contribution < -0.4 is 15.0 Å². The van der Waals surface area contributed by atoms with Gasteiger partial charge in [0.05, 0.1) is 25.0 Å². The van der Waals surface area contributed by atoms with Crippen molar-refractivity contribution in [2.45, 2.75) is 69.7 Å². The molecule has 3 aliphatic rings. The van der Waals surface area contributed by atoms with E-state index in [1.54, 1.807) is 13.3 Å². The van der Waals surface area contributed by atoms with Gasteiger partial charge in [-0.3, -0.25) is 4.79 Å². The van der Waals surface area contributed by atoms with Crippen molar-refractivity contribution in [2.24, 2.45) is 0 Å². The van der Waals surface area contributed by atoms with Gasteiger partial charge in [0.1, 0.15) is 11.9 Å². The second kappa shape index (κ2) is 8.98. The Hall–Kier alpha value is -2.80. The Morgan fingerprint density at radius 3 is 2.69 bits per heavy atom. The Bertz CT molecular complexity index is 971. The van der Waals surface area contributed by atoms with Crippen molar-refractivity contribution in [1.82, 2.24) is 9.88 Å². The molecule has 0 radical (unpaired) electrons. The molecule has 32 heavy (non-hydrogen) atoms. The minimum absolute atomic E-state index is 0.0260. The second-order valence-electron chi connectivity index (χ2n) is 9.11. The molecule has 1 unspecified atom stereocenters. The van der Waals surface area contributed by atoms with Crippen molar-refractivity contribution in [3.63, 3.8) is 0 Å². The van der Waals surface area contributed by atoms with E-state index in [1.165, 1.54) is 19.3 Å². The lowest BCUT2D eigenvalue weighted by Gasteiger charge is -2.35. The number of aromatic nitrogens is 1. The van der Waals surface area contributed by atoms with Gasteiger partial charge in [0.15, 0.2) is 5.82 Å². The van der Waals surface area contributed by atoms with Crippen LogP contribution in [0, 0.1) is 0 Å². The lowest BCUT2D eigenvalue weighted by Crippen LogP contribution is -2.43. The van der Waals surface area contributed by atoms with E-state index in [-0.39, 0.29) is 18.7 Å². The van der Waals surface area contributed by atoms with Crippen molar-refractivity contribution in [1.29, 1.82) is 0 Å². The Kier molecular flexibility index (Phi) is 5.91. The molecule has 7 nitrogen and oxygen atoms in total. The van der Waals surface area contributed by atoms with Crippen LogP contribution in [-0.4, -0.2) is 52.9 Å². The maximum atomic E-state index is 13.6. The van der Waals surface area contributed by atoms with E-state index in [2.05, 4.69) is 20.1 Å². The molecule has 1 aromatic heterocycles. The fraction of sp³-hybridized carbons (Fsp3) is 0.520. The van der Waals surface area contributed by atoms with E-state index in [1.807, 2.05) is 30.3 Å². The summed E-state index contributed by atoms with van der Waals surface area (Å²) >= 11 is 0. The fourth-order valence-corrected chi connectivity index (χ4v) is 5.17. The quantitative estimate of drug-likeness (QED) is 0.688. The highest BCUT2D eigenvalue weighted by Crippen LogP contribution is 2.37. The fourth-order valence-electron chi connectivity index (χ4n) is 5.17. The second-order valence-corrected chi connectivity index (χ2v) is 9.11. The van der Waals surface area contributed by atoms with Crippen LogP contribution in [0.5, 0.6) is 5.75 Å². The summed E-state index contributed by atoms with van der Waals surface area (Å²) in [5.41, 5.74) is 2.63. The number of hydrogen-bond donors (Lipinski definition) is 2. The number of anilines is 2. The number of amides is 1. The highest BCUT2D eigenvalue weighted by molar-refractivity contribution is 5.97. The van der Waals surface area contributed by atoms with Gasteiger partial charge in [-0.25, -0.2) is 4.98 Å². The van der Waals surface area contributed by atoms with Gasteiger partial charge in [0.25, 0.3) is 5.91 Å². The normalized spacial score (nSPS) is 20.6. The number of benzene rings is 1.